The van der Waals surface area contributed by atoms with E-state index in [0.29, 0.717) is 6.04 Å². The molecule has 0 bridgehead atoms. The summed E-state index contributed by atoms with van der Waals surface area (Å²) in [5, 5.41) is 3.59. The highest BCUT2D eigenvalue weighted by atomic mass is 15.1. The first-order valence-corrected chi connectivity index (χ1v) is 7.97. The van der Waals surface area contributed by atoms with Gasteiger partial charge in [-0.05, 0) is 56.0 Å². The van der Waals surface area contributed by atoms with Gasteiger partial charge in [0.1, 0.15) is 0 Å². The number of hydrogen-bond acceptors (Lipinski definition) is 2. The van der Waals surface area contributed by atoms with E-state index in [0.717, 1.165) is 6.42 Å². The molecule has 2 nitrogen and oxygen atoms in total. The molecule has 1 saturated heterocycles. The van der Waals surface area contributed by atoms with Gasteiger partial charge in [0.25, 0.3) is 0 Å². The highest BCUT2D eigenvalue weighted by Gasteiger charge is 2.12. The number of anilines is 2. The van der Waals surface area contributed by atoms with Gasteiger partial charge in [0.2, 0.25) is 0 Å². The maximum absolute atomic E-state index is 3.59. The van der Waals surface area contributed by atoms with E-state index in [4.69, 9.17) is 0 Å². The van der Waals surface area contributed by atoms with E-state index in [2.05, 4.69) is 71.7 Å². The van der Waals surface area contributed by atoms with Gasteiger partial charge < -0.3 is 10.2 Å². The van der Waals surface area contributed by atoms with Crippen LogP contribution >= 0.6 is 0 Å². The summed E-state index contributed by atoms with van der Waals surface area (Å²) in [7, 11) is 0. The molecule has 0 aliphatic carbocycles. The number of nitrogens with one attached hydrogen (secondary N) is 1. The minimum Gasteiger partial charge on any atom is -0.382 e. The van der Waals surface area contributed by atoms with Crippen LogP contribution in [0.3, 0.4) is 0 Å². The largest absolute Gasteiger partial charge is 0.382 e. The molecule has 2 aromatic carbocycles. The van der Waals surface area contributed by atoms with Crippen molar-refractivity contribution in [3.8, 4) is 0 Å². The van der Waals surface area contributed by atoms with Crippen molar-refractivity contribution in [2.24, 2.45) is 0 Å². The van der Waals surface area contributed by atoms with E-state index in [-0.39, 0.29) is 0 Å². The van der Waals surface area contributed by atoms with Crippen LogP contribution in [0, 0.1) is 0 Å². The van der Waals surface area contributed by atoms with Gasteiger partial charge in [0, 0.05) is 30.5 Å². The smallest absolute Gasteiger partial charge is 0.0367 e. The second kappa shape index (κ2) is 6.66. The predicted octanol–water partition coefficient (Wildman–Crippen LogP) is 4.33. The summed E-state index contributed by atoms with van der Waals surface area (Å²) in [5.74, 6) is 0. The van der Waals surface area contributed by atoms with Gasteiger partial charge in [0.05, 0.1) is 0 Å². The Labute approximate surface area is 127 Å². The van der Waals surface area contributed by atoms with Crippen molar-refractivity contribution in [2.75, 3.05) is 23.3 Å². The maximum Gasteiger partial charge on any atom is 0.0367 e. The molecular formula is C19H24N2. The lowest BCUT2D eigenvalue weighted by Gasteiger charge is -2.19. The Kier molecular flexibility index (Phi) is 4.44. The fraction of sp³-hybridized carbons (Fsp3) is 0.368. The molecule has 0 amide bonds. The van der Waals surface area contributed by atoms with Crippen LogP contribution in [0.2, 0.25) is 0 Å². The molecule has 1 aliphatic rings. The van der Waals surface area contributed by atoms with E-state index in [1.807, 2.05) is 0 Å². The Bertz CT molecular complexity index is 542. The predicted molar refractivity (Wildman–Crippen MR) is 91.1 cm³/mol. The van der Waals surface area contributed by atoms with Crippen LogP contribution in [-0.4, -0.2) is 19.1 Å². The zero-order valence-corrected chi connectivity index (χ0v) is 12.8. The fourth-order valence-electron chi connectivity index (χ4n) is 3.05. The average Bonchev–Trinajstić information content (AvgIpc) is 3.03. The molecule has 21 heavy (non-hydrogen) atoms. The summed E-state index contributed by atoms with van der Waals surface area (Å²) >= 11 is 0. The monoisotopic (exact) mass is 280 g/mol. The second-order valence-electron chi connectivity index (χ2n) is 5.98. The molecule has 0 aromatic heterocycles. The van der Waals surface area contributed by atoms with E-state index in [1.165, 1.54) is 42.9 Å². The van der Waals surface area contributed by atoms with Crippen molar-refractivity contribution >= 4 is 11.4 Å². The lowest BCUT2D eigenvalue weighted by atomic mass is 10.1. The Balaban J connectivity index is 1.57. The molecule has 1 aliphatic heterocycles. The van der Waals surface area contributed by atoms with E-state index < -0.39 is 0 Å². The first-order chi connectivity index (χ1) is 10.3. The SMILES string of the molecule is CC(Cc1ccccc1)Nc1ccc(N2CCCC2)cc1. The first kappa shape index (κ1) is 14.0. The Morgan fingerprint density at radius 2 is 1.62 bits per heavy atom. The summed E-state index contributed by atoms with van der Waals surface area (Å²) in [5.41, 5.74) is 3.95. The molecule has 1 unspecified atom stereocenters. The van der Waals surface area contributed by atoms with E-state index in [9.17, 15) is 0 Å². The van der Waals surface area contributed by atoms with Gasteiger partial charge in [-0.1, -0.05) is 30.3 Å². The van der Waals surface area contributed by atoms with Crippen molar-refractivity contribution in [1.82, 2.24) is 0 Å². The molecule has 2 aromatic rings. The van der Waals surface area contributed by atoms with Gasteiger partial charge in [-0.2, -0.15) is 0 Å². The fourth-order valence-corrected chi connectivity index (χ4v) is 3.05. The van der Waals surface area contributed by atoms with Crippen LogP contribution in [0.4, 0.5) is 11.4 Å². The minimum atomic E-state index is 0.435. The number of hydrogen-bond donors (Lipinski definition) is 1. The quantitative estimate of drug-likeness (QED) is 0.877. The summed E-state index contributed by atoms with van der Waals surface area (Å²) in [6, 6.07) is 20.0. The van der Waals surface area contributed by atoms with Crippen LogP contribution < -0.4 is 10.2 Å². The third-order valence-electron chi connectivity index (χ3n) is 4.14. The standard InChI is InChI=1S/C19H24N2/c1-16(15-17-7-3-2-4-8-17)20-18-9-11-19(12-10-18)21-13-5-6-14-21/h2-4,7-12,16,20H,5-6,13-15H2,1H3. The average molecular weight is 280 g/mol. The molecule has 1 fully saturated rings. The van der Waals surface area contributed by atoms with Crippen molar-refractivity contribution in [3.63, 3.8) is 0 Å². The van der Waals surface area contributed by atoms with Crippen LogP contribution in [0.1, 0.15) is 25.3 Å². The normalized spacial score (nSPS) is 16.0. The van der Waals surface area contributed by atoms with Crippen molar-refractivity contribution < 1.29 is 0 Å². The zero-order valence-electron chi connectivity index (χ0n) is 12.8. The maximum atomic E-state index is 3.59. The molecular weight excluding hydrogens is 256 g/mol. The third kappa shape index (κ3) is 3.78. The van der Waals surface area contributed by atoms with Crippen LogP contribution in [-0.2, 0) is 6.42 Å². The molecule has 3 rings (SSSR count). The molecule has 1 N–H and O–H groups in total. The van der Waals surface area contributed by atoms with Gasteiger partial charge in [-0.3, -0.25) is 0 Å². The highest BCUT2D eigenvalue weighted by Crippen LogP contribution is 2.22. The van der Waals surface area contributed by atoms with E-state index in [1.54, 1.807) is 0 Å². The summed E-state index contributed by atoms with van der Waals surface area (Å²) in [6.45, 7) is 4.65. The van der Waals surface area contributed by atoms with Gasteiger partial charge in [-0.25, -0.2) is 0 Å². The Morgan fingerprint density at radius 1 is 0.952 bits per heavy atom. The van der Waals surface area contributed by atoms with Crippen molar-refractivity contribution in [3.05, 3.63) is 60.2 Å². The first-order valence-electron chi connectivity index (χ1n) is 7.97. The Hall–Kier alpha value is -1.96. The molecule has 0 radical (unpaired) electrons. The van der Waals surface area contributed by atoms with Crippen molar-refractivity contribution in [1.29, 1.82) is 0 Å². The van der Waals surface area contributed by atoms with Gasteiger partial charge in [0.15, 0.2) is 0 Å². The molecule has 0 saturated carbocycles. The molecule has 110 valence electrons. The van der Waals surface area contributed by atoms with Crippen LogP contribution in [0.25, 0.3) is 0 Å². The molecule has 1 atom stereocenters. The lowest BCUT2D eigenvalue weighted by Crippen LogP contribution is -2.19. The summed E-state index contributed by atoms with van der Waals surface area (Å²) < 4.78 is 0. The Morgan fingerprint density at radius 3 is 2.29 bits per heavy atom. The highest BCUT2D eigenvalue weighted by molar-refractivity contribution is 5.55. The number of rotatable bonds is 5. The van der Waals surface area contributed by atoms with Gasteiger partial charge in [-0.15, -0.1) is 0 Å². The molecule has 0 spiro atoms. The van der Waals surface area contributed by atoms with E-state index >= 15 is 0 Å². The number of benzene rings is 2. The second-order valence-corrected chi connectivity index (χ2v) is 5.98. The summed E-state index contributed by atoms with van der Waals surface area (Å²) in [6.07, 6.45) is 3.71. The third-order valence-corrected chi connectivity index (χ3v) is 4.14. The molecule has 2 heteroatoms. The van der Waals surface area contributed by atoms with Gasteiger partial charge >= 0.3 is 0 Å². The zero-order chi connectivity index (χ0) is 14.5. The number of nitrogens with zero attached hydrogens (tertiary/aromatic N) is 1. The molecule has 1 heterocycles. The summed E-state index contributed by atoms with van der Waals surface area (Å²) in [4.78, 5) is 2.47. The lowest BCUT2D eigenvalue weighted by molar-refractivity contribution is 0.790. The topological polar surface area (TPSA) is 15.3 Å². The van der Waals surface area contributed by atoms with Crippen molar-refractivity contribution in [2.45, 2.75) is 32.2 Å². The van der Waals surface area contributed by atoms with Crippen LogP contribution in [0.15, 0.2) is 54.6 Å². The van der Waals surface area contributed by atoms with Crippen LogP contribution in [0.5, 0.6) is 0 Å². The minimum absolute atomic E-state index is 0.435.